The second-order valence-electron chi connectivity index (χ2n) is 4.36. The molecule has 0 amide bonds. The van der Waals surface area contributed by atoms with Crippen LogP contribution in [0.4, 0.5) is 18.9 Å². The summed E-state index contributed by atoms with van der Waals surface area (Å²) in [6.45, 7) is 3.37. The third-order valence-electron chi connectivity index (χ3n) is 2.16. The van der Waals surface area contributed by atoms with E-state index in [9.17, 15) is 13.2 Å². The lowest BCUT2D eigenvalue weighted by atomic mass is 10.1. The molecule has 0 bridgehead atoms. The van der Waals surface area contributed by atoms with Gasteiger partial charge >= 0.3 is 6.18 Å². The Hall–Kier alpha value is -0.750. The molecule has 0 aliphatic carbocycles. The summed E-state index contributed by atoms with van der Waals surface area (Å²) in [5.41, 5.74) is -0.795. The van der Waals surface area contributed by atoms with Crippen molar-refractivity contribution < 1.29 is 18.3 Å². The van der Waals surface area contributed by atoms with Gasteiger partial charge in [0.05, 0.1) is 17.7 Å². The fourth-order valence-corrected chi connectivity index (χ4v) is 1.67. The molecule has 0 unspecified atom stereocenters. The molecule has 96 valence electrons. The van der Waals surface area contributed by atoms with E-state index in [1.165, 1.54) is 6.07 Å². The lowest BCUT2D eigenvalue weighted by Gasteiger charge is -2.26. The average Bonchev–Trinajstić information content (AvgIpc) is 2.19. The Bertz CT molecular complexity index is 404. The Morgan fingerprint density at radius 2 is 1.88 bits per heavy atom. The third-order valence-corrected chi connectivity index (χ3v) is 2.82. The van der Waals surface area contributed by atoms with Gasteiger partial charge in [0.25, 0.3) is 0 Å². The van der Waals surface area contributed by atoms with Crippen LogP contribution < -0.4 is 5.32 Å². The van der Waals surface area contributed by atoms with E-state index in [2.05, 4.69) is 21.2 Å². The summed E-state index contributed by atoms with van der Waals surface area (Å²) in [7, 11) is 0. The van der Waals surface area contributed by atoms with Gasteiger partial charge in [0.15, 0.2) is 0 Å². The zero-order chi connectivity index (χ0) is 13.3. The van der Waals surface area contributed by atoms with Crippen LogP contribution >= 0.6 is 15.9 Å². The second kappa shape index (κ2) is 4.86. The molecular weight excluding hydrogens is 299 g/mol. The molecule has 17 heavy (non-hydrogen) atoms. The molecule has 0 aliphatic heterocycles. The lowest BCUT2D eigenvalue weighted by molar-refractivity contribution is -0.137. The van der Waals surface area contributed by atoms with Crippen molar-refractivity contribution in [2.45, 2.75) is 25.6 Å². The number of hydrogen-bond acceptors (Lipinski definition) is 2. The maximum absolute atomic E-state index is 12.4. The maximum atomic E-state index is 12.4. The molecule has 0 saturated carbocycles. The Morgan fingerprint density at radius 3 is 2.29 bits per heavy atom. The molecule has 0 fully saturated rings. The van der Waals surface area contributed by atoms with E-state index in [1.54, 1.807) is 13.8 Å². The van der Waals surface area contributed by atoms with E-state index in [0.29, 0.717) is 10.2 Å². The third kappa shape index (κ3) is 3.89. The Labute approximate surface area is 106 Å². The number of aliphatic hydroxyl groups is 1. The summed E-state index contributed by atoms with van der Waals surface area (Å²) in [6.07, 6.45) is -4.35. The van der Waals surface area contributed by atoms with Gasteiger partial charge in [-0.05, 0) is 48.0 Å². The largest absolute Gasteiger partial charge is 0.416 e. The first kappa shape index (κ1) is 14.3. The van der Waals surface area contributed by atoms with Gasteiger partial charge in [0.2, 0.25) is 0 Å². The van der Waals surface area contributed by atoms with Crippen LogP contribution in [0.15, 0.2) is 22.7 Å². The number of alkyl halides is 3. The van der Waals surface area contributed by atoms with Gasteiger partial charge in [-0.25, -0.2) is 0 Å². The van der Waals surface area contributed by atoms with Crippen LogP contribution in [0.2, 0.25) is 0 Å². The standard InChI is InChI=1S/C11H13BrF3NO/c1-10(2,6-17)16-9-4-3-7(5-8(9)12)11(13,14)15/h3-5,16-17H,6H2,1-2H3. The highest BCUT2D eigenvalue weighted by molar-refractivity contribution is 9.10. The highest BCUT2D eigenvalue weighted by Crippen LogP contribution is 2.34. The number of aliphatic hydroxyl groups excluding tert-OH is 1. The van der Waals surface area contributed by atoms with Crippen molar-refractivity contribution in [2.24, 2.45) is 0 Å². The van der Waals surface area contributed by atoms with Gasteiger partial charge in [-0.15, -0.1) is 0 Å². The maximum Gasteiger partial charge on any atom is 0.416 e. The van der Waals surface area contributed by atoms with Crippen molar-refractivity contribution in [2.75, 3.05) is 11.9 Å². The van der Waals surface area contributed by atoms with Gasteiger partial charge in [0, 0.05) is 10.2 Å². The van der Waals surface area contributed by atoms with E-state index in [4.69, 9.17) is 5.11 Å². The van der Waals surface area contributed by atoms with Gasteiger partial charge < -0.3 is 10.4 Å². The van der Waals surface area contributed by atoms with E-state index >= 15 is 0 Å². The van der Waals surface area contributed by atoms with Crippen molar-refractivity contribution in [3.05, 3.63) is 28.2 Å². The minimum absolute atomic E-state index is 0.125. The summed E-state index contributed by atoms with van der Waals surface area (Å²) in [5, 5.41) is 12.0. The molecule has 2 nitrogen and oxygen atoms in total. The van der Waals surface area contributed by atoms with Gasteiger partial charge in [-0.1, -0.05) is 0 Å². The second-order valence-corrected chi connectivity index (χ2v) is 5.21. The van der Waals surface area contributed by atoms with E-state index in [0.717, 1.165) is 12.1 Å². The SMILES string of the molecule is CC(C)(CO)Nc1ccc(C(F)(F)F)cc1Br. The molecule has 1 aromatic rings. The Balaban J connectivity index is 2.99. The topological polar surface area (TPSA) is 32.3 Å². The molecule has 0 saturated heterocycles. The van der Waals surface area contributed by atoms with E-state index in [-0.39, 0.29) is 6.61 Å². The Kier molecular flexibility index (Phi) is 4.09. The van der Waals surface area contributed by atoms with Gasteiger partial charge in [-0.3, -0.25) is 0 Å². The summed E-state index contributed by atoms with van der Waals surface area (Å²) in [4.78, 5) is 0. The molecule has 0 radical (unpaired) electrons. The van der Waals surface area contributed by atoms with Crippen molar-refractivity contribution in [3.63, 3.8) is 0 Å². The number of hydrogen-bond donors (Lipinski definition) is 2. The minimum Gasteiger partial charge on any atom is -0.394 e. The number of rotatable bonds is 3. The summed E-state index contributed by atoms with van der Waals surface area (Å²) >= 11 is 3.08. The predicted molar refractivity (Wildman–Crippen MR) is 63.9 cm³/mol. The van der Waals surface area contributed by atoms with Gasteiger partial charge in [0.1, 0.15) is 0 Å². The van der Waals surface area contributed by atoms with Crippen molar-refractivity contribution in [1.82, 2.24) is 0 Å². The van der Waals surface area contributed by atoms with E-state index in [1.807, 2.05) is 0 Å². The van der Waals surface area contributed by atoms with Crippen molar-refractivity contribution in [3.8, 4) is 0 Å². The van der Waals surface area contributed by atoms with Crippen LogP contribution in [-0.4, -0.2) is 17.3 Å². The molecule has 0 heterocycles. The molecule has 6 heteroatoms. The number of nitrogens with one attached hydrogen (secondary N) is 1. The van der Waals surface area contributed by atoms with Gasteiger partial charge in [-0.2, -0.15) is 13.2 Å². The van der Waals surface area contributed by atoms with Crippen molar-refractivity contribution >= 4 is 21.6 Å². The summed E-state index contributed by atoms with van der Waals surface area (Å²) in [6, 6.07) is 3.35. The Morgan fingerprint density at radius 1 is 1.29 bits per heavy atom. The van der Waals surface area contributed by atoms with Crippen LogP contribution in [-0.2, 0) is 6.18 Å². The molecule has 0 aliphatic rings. The highest BCUT2D eigenvalue weighted by atomic mass is 79.9. The van der Waals surface area contributed by atoms with Crippen LogP contribution in [0, 0.1) is 0 Å². The molecular formula is C11H13BrF3NO. The van der Waals surface area contributed by atoms with Crippen LogP contribution in [0.25, 0.3) is 0 Å². The average molecular weight is 312 g/mol. The number of benzene rings is 1. The molecule has 1 aromatic carbocycles. The molecule has 0 atom stereocenters. The molecule has 0 spiro atoms. The zero-order valence-corrected chi connectivity index (χ0v) is 11.0. The number of halogens is 4. The van der Waals surface area contributed by atoms with Crippen LogP contribution in [0.3, 0.4) is 0 Å². The summed E-state index contributed by atoms with van der Waals surface area (Å²) in [5.74, 6) is 0. The normalized spacial score (nSPS) is 12.6. The fraction of sp³-hybridized carbons (Fsp3) is 0.455. The quantitative estimate of drug-likeness (QED) is 0.893. The lowest BCUT2D eigenvalue weighted by Crippen LogP contribution is -2.35. The first-order valence-corrected chi connectivity index (χ1v) is 5.71. The predicted octanol–water partition coefficient (Wildman–Crippen LogP) is 3.65. The first-order valence-electron chi connectivity index (χ1n) is 4.91. The monoisotopic (exact) mass is 311 g/mol. The van der Waals surface area contributed by atoms with Crippen molar-refractivity contribution in [1.29, 1.82) is 0 Å². The molecule has 2 N–H and O–H groups in total. The number of anilines is 1. The van der Waals surface area contributed by atoms with Crippen LogP contribution in [0.5, 0.6) is 0 Å². The highest BCUT2D eigenvalue weighted by Gasteiger charge is 2.31. The molecule has 1 rings (SSSR count). The van der Waals surface area contributed by atoms with Crippen LogP contribution in [0.1, 0.15) is 19.4 Å². The first-order chi connectivity index (χ1) is 7.65. The minimum atomic E-state index is -4.35. The smallest absolute Gasteiger partial charge is 0.394 e. The molecule has 0 aromatic heterocycles. The summed E-state index contributed by atoms with van der Waals surface area (Å²) < 4.78 is 37.6. The fourth-order valence-electron chi connectivity index (χ4n) is 1.20. The van der Waals surface area contributed by atoms with E-state index < -0.39 is 17.3 Å². The zero-order valence-electron chi connectivity index (χ0n) is 9.40.